The molecule has 3 aromatic rings. The number of aryl methyl sites for hydroxylation is 1. The van der Waals surface area contributed by atoms with Gasteiger partial charge < -0.3 is 0 Å². The third-order valence-electron chi connectivity index (χ3n) is 3.64. The Morgan fingerprint density at radius 2 is 1.92 bits per heavy atom. The van der Waals surface area contributed by atoms with E-state index in [1.807, 2.05) is 6.92 Å². The van der Waals surface area contributed by atoms with E-state index in [0.29, 0.717) is 27.7 Å². The maximum absolute atomic E-state index is 12.7. The molecule has 0 unspecified atom stereocenters. The molecule has 6 nitrogen and oxygen atoms in total. The summed E-state index contributed by atoms with van der Waals surface area (Å²) in [5.41, 5.74) is 2.29. The first-order chi connectivity index (χ1) is 11.5. The highest BCUT2D eigenvalue weighted by Crippen LogP contribution is 2.22. The van der Waals surface area contributed by atoms with E-state index in [9.17, 15) is 9.00 Å². The molecule has 0 saturated carbocycles. The predicted molar refractivity (Wildman–Crippen MR) is 93.0 cm³/mol. The molecule has 0 amide bonds. The van der Waals surface area contributed by atoms with Crippen LogP contribution in [0.3, 0.4) is 0 Å². The van der Waals surface area contributed by atoms with Crippen molar-refractivity contribution in [3.8, 4) is 16.9 Å². The Kier molecular flexibility index (Phi) is 4.15. The molecule has 2 heterocycles. The van der Waals surface area contributed by atoms with Gasteiger partial charge in [0.15, 0.2) is 11.5 Å². The van der Waals surface area contributed by atoms with Crippen LogP contribution in [0.1, 0.15) is 5.69 Å². The molecular formula is C17H14N4O2S. The molecule has 1 atom stereocenters. The third kappa shape index (κ3) is 2.79. The average molecular weight is 338 g/mol. The van der Waals surface area contributed by atoms with Gasteiger partial charge in [0.05, 0.1) is 27.8 Å². The fourth-order valence-corrected chi connectivity index (χ4v) is 2.89. The summed E-state index contributed by atoms with van der Waals surface area (Å²) < 4.78 is 12.8. The molecule has 1 aromatic carbocycles. The second-order valence-electron chi connectivity index (χ2n) is 5.22. The lowest BCUT2D eigenvalue weighted by Gasteiger charge is -2.01. The van der Waals surface area contributed by atoms with Crippen LogP contribution < -0.4 is 5.56 Å². The van der Waals surface area contributed by atoms with E-state index in [0.717, 1.165) is 5.56 Å². The van der Waals surface area contributed by atoms with Crippen LogP contribution in [-0.2, 0) is 10.8 Å². The van der Waals surface area contributed by atoms with Gasteiger partial charge in [-0.2, -0.15) is 0 Å². The smallest absolute Gasteiger partial charge is 0.280 e. The largest absolute Gasteiger partial charge is 0.293 e. The second kappa shape index (κ2) is 6.26. The van der Waals surface area contributed by atoms with E-state index in [-0.39, 0.29) is 5.56 Å². The van der Waals surface area contributed by atoms with Crippen molar-refractivity contribution in [1.82, 2.24) is 14.8 Å². The lowest BCUT2D eigenvalue weighted by Crippen LogP contribution is -2.16. The summed E-state index contributed by atoms with van der Waals surface area (Å²) in [5.74, 6) is 0.432. The molecule has 0 fully saturated rings. The van der Waals surface area contributed by atoms with Gasteiger partial charge in [-0.15, -0.1) is 0 Å². The van der Waals surface area contributed by atoms with Gasteiger partial charge >= 0.3 is 0 Å². The van der Waals surface area contributed by atoms with E-state index in [4.69, 9.17) is 6.57 Å². The average Bonchev–Trinajstić information content (AvgIpc) is 2.89. The molecule has 3 rings (SSSR count). The van der Waals surface area contributed by atoms with E-state index < -0.39 is 10.8 Å². The highest BCUT2D eigenvalue weighted by molar-refractivity contribution is 7.84. The Bertz CT molecular complexity index is 1010. The molecule has 0 saturated heterocycles. The van der Waals surface area contributed by atoms with Gasteiger partial charge in [-0.1, -0.05) is 24.3 Å². The summed E-state index contributed by atoms with van der Waals surface area (Å²) in [7, 11) is -1.12. The molecular weight excluding hydrogens is 324 g/mol. The van der Waals surface area contributed by atoms with Gasteiger partial charge in [-0.3, -0.25) is 14.1 Å². The Hall–Kier alpha value is -2.98. The normalized spacial score (nSPS) is 11.9. The zero-order chi connectivity index (χ0) is 17.3. The maximum atomic E-state index is 12.7. The summed E-state index contributed by atoms with van der Waals surface area (Å²) in [6.07, 6.45) is 3.07. The first-order valence-corrected chi connectivity index (χ1v) is 8.66. The minimum Gasteiger partial charge on any atom is -0.293 e. The number of rotatable bonds is 3. The molecule has 1 N–H and O–H groups in total. The number of benzene rings is 1. The standard InChI is InChI=1S/C17H14N4O2S/c1-11-16(12-4-6-13(18-2)7-5-12)17(22)21(20-11)15-9-8-14(10-19-15)24(3)23/h4-10,20H,1,3H3/t24-/m0/s1. The SMILES string of the molecule is [C-]#[N+]c1ccc(-c2c(C)[nH]n(-c3ccc([S@](C)=O)cn3)c2=O)cc1. The maximum Gasteiger partial charge on any atom is 0.280 e. The molecule has 0 aliphatic rings. The van der Waals surface area contributed by atoms with Crippen LogP contribution in [0.15, 0.2) is 52.3 Å². The first kappa shape index (κ1) is 15.9. The summed E-state index contributed by atoms with van der Waals surface area (Å²) >= 11 is 0. The Labute approximate surface area is 141 Å². The summed E-state index contributed by atoms with van der Waals surface area (Å²) in [6.45, 7) is 8.80. The number of hydrogen-bond acceptors (Lipinski definition) is 3. The van der Waals surface area contributed by atoms with Gasteiger partial charge in [-0.05, 0) is 24.6 Å². The van der Waals surface area contributed by atoms with E-state index in [1.54, 1.807) is 42.7 Å². The number of aromatic nitrogens is 3. The number of nitrogens with one attached hydrogen (secondary N) is 1. The molecule has 0 bridgehead atoms. The van der Waals surface area contributed by atoms with Crippen molar-refractivity contribution < 1.29 is 4.21 Å². The second-order valence-corrected chi connectivity index (χ2v) is 6.60. The Morgan fingerprint density at radius 3 is 2.46 bits per heavy atom. The predicted octanol–water partition coefficient (Wildman–Crippen LogP) is 2.82. The number of aromatic amines is 1. The van der Waals surface area contributed by atoms with Crippen molar-refractivity contribution in [2.75, 3.05) is 6.26 Å². The molecule has 24 heavy (non-hydrogen) atoms. The van der Waals surface area contributed by atoms with Crippen LogP contribution in [-0.4, -0.2) is 25.2 Å². The first-order valence-electron chi connectivity index (χ1n) is 7.10. The molecule has 0 aliphatic heterocycles. The van der Waals surface area contributed by atoms with Crippen molar-refractivity contribution >= 4 is 16.5 Å². The minimum absolute atomic E-state index is 0.221. The lowest BCUT2D eigenvalue weighted by atomic mass is 10.1. The van der Waals surface area contributed by atoms with E-state index in [2.05, 4.69) is 14.9 Å². The van der Waals surface area contributed by atoms with Gasteiger partial charge in [0.25, 0.3) is 5.56 Å². The van der Waals surface area contributed by atoms with Crippen LogP contribution in [0, 0.1) is 13.5 Å². The number of hydrogen-bond donors (Lipinski definition) is 1. The van der Waals surface area contributed by atoms with Crippen LogP contribution in [0.4, 0.5) is 5.69 Å². The summed E-state index contributed by atoms with van der Waals surface area (Å²) in [4.78, 5) is 20.9. The Balaban J connectivity index is 2.07. The van der Waals surface area contributed by atoms with Gasteiger partial charge in [0.2, 0.25) is 0 Å². The summed E-state index contributed by atoms with van der Waals surface area (Å²) in [6, 6.07) is 10.2. The van der Waals surface area contributed by atoms with Crippen molar-refractivity contribution in [3.63, 3.8) is 0 Å². The van der Waals surface area contributed by atoms with Crippen molar-refractivity contribution in [2.45, 2.75) is 11.8 Å². The molecule has 0 aliphatic carbocycles. The van der Waals surface area contributed by atoms with Crippen LogP contribution >= 0.6 is 0 Å². The number of pyridine rings is 1. The monoisotopic (exact) mass is 338 g/mol. The van der Waals surface area contributed by atoms with Gasteiger partial charge in [0, 0.05) is 18.1 Å². The van der Waals surface area contributed by atoms with E-state index in [1.165, 1.54) is 10.9 Å². The van der Waals surface area contributed by atoms with Gasteiger partial charge in [-0.25, -0.2) is 14.5 Å². The topological polar surface area (TPSA) is 72.1 Å². The fourth-order valence-electron chi connectivity index (χ4n) is 2.43. The zero-order valence-electron chi connectivity index (χ0n) is 13.1. The highest BCUT2D eigenvalue weighted by atomic mass is 32.2. The Morgan fingerprint density at radius 1 is 1.21 bits per heavy atom. The van der Waals surface area contributed by atoms with Crippen molar-refractivity contribution in [1.29, 1.82) is 0 Å². The lowest BCUT2D eigenvalue weighted by molar-refractivity contribution is 0.686. The molecule has 0 spiro atoms. The summed E-state index contributed by atoms with van der Waals surface area (Å²) in [5, 5.41) is 3.01. The van der Waals surface area contributed by atoms with Gasteiger partial charge in [0.1, 0.15) is 0 Å². The highest BCUT2D eigenvalue weighted by Gasteiger charge is 2.15. The van der Waals surface area contributed by atoms with Crippen LogP contribution in [0.25, 0.3) is 21.8 Å². The molecule has 2 aromatic heterocycles. The van der Waals surface area contributed by atoms with Crippen molar-refractivity contribution in [2.24, 2.45) is 0 Å². The molecule has 120 valence electrons. The third-order valence-corrected chi connectivity index (χ3v) is 4.54. The number of nitrogens with zero attached hydrogens (tertiary/aromatic N) is 3. The molecule has 0 radical (unpaired) electrons. The van der Waals surface area contributed by atoms with Crippen LogP contribution in [0.2, 0.25) is 0 Å². The number of H-pyrrole nitrogens is 1. The van der Waals surface area contributed by atoms with Crippen LogP contribution in [0.5, 0.6) is 0 Å². The van der Waals surface area contributed by atoms with Crippen molar-refractivity contribution in [3.05, 3.63) is 70.1 Å². The fraction of sp³-hybridized carbons (Fsp3) is 0.118. The van der Waals surface area contributed by atoms with E-state index >= 15 is 0 Å². The quantitative estimate of drug-likeness (QED) is 0.747. The molecule has 7 heteroatoms. The minimum atomic E-state index is -1.12. The zero-order valence-corrected chi connectivity index (χ0v) is 13.9.